The Balaban J connectivity index is 1.93. The van der Waals surface area contributed by atoms with Gasteiger partial charge in [-0.05, 0) is 49.0 Å². The van der Waals surface area contributed by atoms with Crippen LogP contribution in [-0.4, -0.2) is 24.3 Å². The number of halogens is 2. The summed E-state index contributed by atoms with van der Waals surface area (Å²) in [5.41, 5.74) is 1.80. The average molecular weight is 308 g/mol. The standard InChI is InChI=1S/C16H15Cl2NO/c1-19(10-12-2-6-14(17)7-3-12)11-16(20)13-4-8-15(18)9-5-13/h2-9H,10-11H2,1H3. The lowest BCUT2D eigenvalue weighted by molar-refractivity contribution is 0.0943. The van der Waals surface area contributed by atoms with Crippen LogP contribution in [0.4, 0.5) is 0 Å². The SMILES string of the molecule is CN(CC(=O)c1ccc(Cl)cc1)Cc1ccc(Cl)cc1. The van der Waals surface area contributed by atoms with Crippen molar-refractivity contribution >= 4 is 29.0 Å². The number of carbonyl (C=O) groups excluding carboxylic acids is 1. The molecule has 4 heteroatoms. The van der Waals surface area contributed by atoms with Crippen LogP contribution in [0.5, 0.6) is 0 Å². The third kappa shape index (κ3) is 4.34. The van der Waals surface area contributed by atoms with Crippen molar-refractivity contribution < 1.29 is 4.79 Å². The van der Waals surface area contributed by atoms with Crippen molar-refractivity contribution in [1.82, 2.24) is 4.90 Å². The molecule has 2 nitrogen and oxygen atoms in total. The van der Waals surface area contributed by atoms with E-state index in [-0.39, 0.29) is 5.78 Å². The van der Waals surface area contributed by atoms with E-state index in [0.717, 1.165) is 5.56 Å². The van der Waals surface area contributed by atoms with Crippen LogP contribution < -0.4 is 0 Å². The number of ketones is 1. The van der Waals surface area contributed by atoms with Crippen molar-refractivity contribution in [3.63, 3.8) is 0 Å². The summed E-state index contributed by atoms with van der Waals surface area (Å²) in [7, 11) is 1.92. The van der Waals surface area contributed by atoms with E-state index in [4.69, 9.17) is 23.2 Å². The Morgan fingerprint density at radius 2 is 1.45 bits per heavy atom. The Kier molecular flexibility index (Phi) is 5.18. The Labute approximate surface area is 128 Å². The molecule has 0 atom stereocenters. The first-order valence-corrected chi connectivity index (χ1v) is 7.02. The van der Waals surface area contributed by atoms with Gasteiger partial charge in [0, 0.05) is 22.2 Å². The Hall–Kier alpha value is -1.35. The number of benzene rings is 2. The highest BCUT2D eigenvalue weighted by atomic mass is 35.5. The minimum absolute atomic E-state index is 0.0816. The molecular weight excluding hydrogens is 293 g/mol. The van der Waals surface area contributed by atoms with Crippen molar-refractivity contribution in [3.05, 3.63) is 69.7 Å². The fourth-order valence-corrected chi connectivity index (χ4v) is 2.18. The molecule has 0 spiro atoms. The summed E-state index contributed by atoms with van der Waals surface area (Å²) >= 11 is 11.7. The molecular formula is C16H15Cl2NO. The van der Waals surface area contributed by atoms with Crippen molar-refractivity contribution in [3.8, 4) is 0 Å². The molecule has 0 radical (unpaired) electrons. The number of Topliss-reactive ketones (excluding diaryl/α,β-unsaturated/α-hetero) is 1. The van der Waals surface area contributed by atoms with E-state index in [2.05, 4.69) is 0 Å². The molecule has 0 unspecified atom stereocenters. The van der Waals surface area contributed by atoms with Gasteiger partial charge in [-0.15, -0.1) is 0 Å². The number of hydrogen-bond acceptors (Lipinski definition) is 2. The predicted molar refractivity (Wildman–Crippen MR) is 83.6 cm³/mol. The third-order valence-corrected chi connectivity index (χ3v) is 3.45. The van der Waals surface area contributed by atoms with Crippen LogP contribution in [0.2, 0.25) is 10.0 Å². The van der Waals surface area contributed by atoms with Gasteiger partial charge in [0.2, 0.25) is 0 Å². The highest BCUT2D eigenvalue weighted by Gasteiger charge is 2.09. The highest BCUT2D eigenvalue weighted by Crippen LogP contribution is 2.13. The van der Waals surface area contributed by atoms with Gasteiger partial charge in [0.15, 0.2) is 5.78 Å². The van der Waals surface area contributed by atoms with E-state index >= 15 is 0 Å². The van der Waals surface area contributed by atoms with Crippen LogP contribution in [-0.2, 0) is 6.54 Å². The molecule has 0 bridgehead atoms. The molecule has 0 fully saturated rings. The normalized spacial score (nSPS) is 10.8. The third-order valence-electron chi connectivity index (χ3n) is 2.95. The summed E-state index contributed by atoms with van der Waals surface area (Å²) in [4.78, 5) is 14.1. The number of hydrogen-bond donors (Lipinski definition) is 0. The molecule has 2 aromatic carbocycles. The zero-order chi connectivity index (χ0) is 14.5. The Bertz CT molecular complexity index is 578. The van der Waals surface area contributed by atoms with E-state index in [0.29, 0.717) is 28.7 Å². The smallest absolute Gasteiger partial charge is 0.176 e. The molecule has 0 N–H and O–H groups in total. The van der Waals surface area contributed by atoms with Crippen molar-refractivity contribution in [1.29, 1.82) is 0 Å². The predicted octanol–water partition coefficient (Wildman–Crippen LogP) is 4.31. The van der Waals surface area contributed by atoms with Gasteiger partial charge in [-0.1, -0.05) is 35.3 Å². The van der Waals surface area contributed by atoms with Gasteiger partial charge in [-0.3, -0.25) is 9.69 Å². The number of rotatable bonds is 5. The second-order valence-corrected chi connectivity index (χ2v) is 5.60. The van der Waals surface area contributed by atoms with Crippen molar-refractivity contribution in [2.45, 2.75) is 6.54 Å². The molecule has 0 aliphatic rings. The number of carbonyl (C=O) groups is 1. The largest absolute Gasteiger partial charge is 0.295 e. The molecule has 0 aliphatic carbocycles. The van der Waals surface area contributed by atoms with Crippen molar-refractivity contribution in [2.75, 3.05) is 13.6 Å². The summed E-state index contributed by atoms with van der Waals surface area (Å²) in [6, 6.07) is 14.6. The fourth-order valence-electron chi connectivity index (χ4n) is 1.93. The number of likely N-dealkylation sites (N-methyl/N-ethyl adjacent to an activating group) is 1. The number of nitrogens with zero attached hydrogens (tertiary/aromatic N) is 1. The average Bonchev–Trinajstić information content (AvgIpc) is 2.42. The lowest BCUT2D eigenvalue weighted by Gasteiger charge is -2.16. The van der Waals surface area contributed by atoms with Crippen molar-refractivity contribution in [2.24, 2.45) is 0 Å². The highest BCUT2D eigenvalue weighted by molar-refractivity contribution is 6.30. The summed E-state index contributed by atoms with van der Waals surface area (Å²) in [5, 5.41) is 1.35. The van der Waals surface area contributed by atoms with Crippen LogP contribution in [0.25, 0.3) is 0 Å². The molecule has 0 amide bonds. The van der Waals surface area contributed by atoms with Crippen LogP contribution >= 0.6 is 23.2 Å². The summed E-state index contributed by atoms with van der Waals surface area (Å²) in [5.74, 6) is 0.0816. The minimum Gasteiger partial charge on any atom is -0.295 e. The molecule has 0 aliphatic heterocycles. The lowest BCUT2D eigenvalue weighted by Crippen LogP contribution is -2.25. The van der Waals surface area contributed by atoms with Crippen LogP contribution in [0.1, 0.15) is 15.9 Å². The van der Waals surface area contributed by atoms with E-state index in [1.165, 1.54) is 0 Å². The summed E-state index contributed by atoms with van der Waals surface area (Å²) < 4.78 is 0. The molecule has 2 rings (SSSR count). The topological polar surface area (TPSA) is 20.3 Å². The monoisotopic (exact) mass is 307 g/mol. The summed E-state index contributed by atoms with van der Waals surface area (Å²) in [6.07, 6.45) is 0. The first kappa shape index (κ1) is 15.0. The van der Waals surface area contributed by atoms with Gasteiger partial charge in [0.05, 0.1) is 6.54 Å². The zero-order valence-electron chi connectivity index (χ0n) is 11.1. The molecule has 2 aromatic rings. The van der Waals surface area contributed by atoms with Gasteiger partial charge < -0.3 is 0 Å². The molecule has 0 heterocycles. The first-order valence-electron chi connectivity index (χ1n) is 6.26. The fraction of sp³-hybridized carbons (Fsp3) is 0.188. The van der Waals surface area contributed by atoms with E-state index < -0.39 is 0 Å². The van der Waals surface area contributed by atoms with Gasteiger partial charge in [0.1, 0.15) is 0 Å². The van der Waals surface area contributed by atoms with Gasteiger partial charge in [0.25, 0.3) is 0 Å². The zero-order valence-corrected chi connectivity index (χ0v) is 12.7. The van der Waals surface area contributed by atoms with Gasteiger partial charge >= 0.3 is 0 Å². The first-order chi connectivity index (χ1) is 9.54. The van der Waals surface area contributed by atoms with E-state index in [9.17, 15) is 4.79 Å². The summed E-state index contributed by atoms with van der Waals surface area (Å²) in [6.45, 7) is 1.07. The lowest BCUT2D eigenvalue weighted by atomic mass is 10.1. The Morgan fingerprint density at radius 1 is 0.950 bits per heavy atom. The van der Waals surface area contributed by atoms with Crippen LogP contribution in [0.3, 0.4) is 0 Å². The van der Waals surface area contributed by atoms with Crippen LogP contribution in [0.15, 0.2) is 48.5 Å². The van der Waals surface area contributed by atoms with E-state index in [1.807, 2.05) is 36.2 Å². The maximum atomic E-state index is 12.1. The quantitative estimate of drug-likeness (QED) is 0.767. The maximum absolute atomic E-state index is 12.1. The second-order valence-electron chi connectivity index (χ2n) is 4.73. The molecule has 0 aromatic heterocycles. The maximum Gasteiger partial charge on any atom is 0.176 e. The molecule has 0 saturated heterocycles. The van der Waals surface area contributed by atoms with E-state index in [1.54, 1.807) is 24.3 Å². The Morgan fingerprint density at radius 3 is 2.00 bits per heavy atom. The molecule has 20 heavy (non-hydrogen) atoms. The van der Waals surface area contributed by atoms with Gasteiger partial charge in [-0.2, -0.15) is 0 Å². The van der Waals surface area contributed by atoms with Gasteiger partial charge in [-0.25, -0.2) is 0 Å². The minimum atomic E-state index is 0.0816. The second kappa shape index (κ2) is 6.89. The molecule has 0 saturated carbocycles. The molecule has 104 valence electrons. The van der Waals surface area contributed by atoms with Crippen LogP contribution in [0, 0.1) is 0 Å².